The summed E-state index contributed by atoms with van der Waals surface area (Å²) < 4.78 is 16.1. The van der Waals surface area contributed by atoms with Gasteiger partial charge >= 0.3 is 0 Å². The van der Waals surface area contributed by atoms with Crippen LogP contribution in [0.3, 0.4) is 0 Å². The summed E-state index contributed by atoms with van der Waals surface area (Å²) in [6.07, 6.45) is 4.45. The SMILES string of the molecule is COc1ccc(CCCOc2ccc(N=CNO)cn2)cc1OC. The first-order chi connectivity index (χ1) is 11.8. The fourth-order valence-electron chi connectivity index (χ4n) is 2.13. The zero-order valence-corrected chi connectivity index (χ0v) is 13.7. The second-order valence-electron chi connectivity index (χ2n) is 4.88. The van der Waals surface area contributed by atoms with Crippen molar-refractivity contribution in [3.8, 4) is 17.4 Å². The first-order valence-electron chi connectivity index (χ1n) is 7.48. The number of ether oxygens (including phenoxy) is 3. The summed E-state index contributed by atoms with van der Waals surface area (Å²) in [4.78, 5) is 8.05. The molecule has 0 aliphatic carbocycles. The van der Waals surface area contributed by atoms with Gasteiger partial charge in [0.25, 0.3) is 0 Å². The average Bonchev–Trinajstić information content (AvgIpc) is 2.64. The number of hydrogen-bond donors (Lipinski definition) is 2. The van der Waals surface area contributed by atoms with Crippen molar-refractivity contribution in [2.24, 2.45) is 4.99 Å². The third-order valence-electron chi connectivity index (χ3n) is 3.30. The normalized spacial score (nSPS) is 10.6. The summed E-state index contributed by atoms with van der Waals surface area (Å²) in [5.74, 6) is 1.99. The van der Waals surface area contributed by atoms with Crippen molar-refractivity contribution < 1.29 is 19.4 Å². The molecule has 0 radical (unpaired) electrons. The minimum Gasteiger partial charge on any atom is -0.493 e. The minimum atomic E-state index is 0.540. The standard InChI is InChI=1S/C17H21N3O4/c1-22-15-7-5-13(10-16(15)23-2)4-3-9-24-17-8-6-14(11-18-17)19-12-20-21/h5-8,10-12,21H,3-4,9H2,1-2H3,(H,19,20). The number of aromatic nitrogens is 1. The molecule has 2 aromatic rings. The van der Waals surface area contributed by atoms with Crippen LogP contribution in [0, 0.1) is 0 Å². The highest BCUT2D eigenvalue weighted by Crippen LogP contribution is 2.28. The van der Waals surface area contributed by atoms with E-state index in [-0.39, 0.29) is 0 Å². The van der Waals surface area contributed by atoms with E-state index in [1.807, 2.05) is 23.7 Å². The highest BCUT2D eigenvalue weighted by molar-refractivity contribution is 5.59. The Kier molecular flexibility index (Phi) is 6.85. The molecule has 0 bridgehead atoms. The first kappa shape index (κ1) is 17.6. The lowest BCUT2D eigenvalue weighted by Gasteiger charge is -2.10. The molecule has 7 nitrogen and oxygen atoms in total. The maximum atomic E-state index is 8.42. The van der Waals surface area contributed by atoms with Gasteiger partial charge in [-0.1, -0.05) is 6.07 Å². The molecule has 0 aliphatic rings. The molecule has 0 saturated heterocycles. The highest BCUT2D eigenvalue weighted by Gasteiger charge is 2.04. The number of hydroxylamine groups is 1. The van der Waals surface area contributed by atoms with Gasteiger partial charge in [0.2, 0.25) is 5.88 Å². The van der Waals surface area contributed by atoms with Crippen molar-refractivity contribution >= 4 is 12.0 Å². The third-order valence-corrected chi connectivity index (χ3v) is 3.30. The lowest BCUT2D eigenvalue weighted by Crippen LogP contribution is -2.02. The van der Waals surface area contributed by atoms with Crippen molar-refractivity contribution in [3.63, 3.8) is 0 Å². The van der Waals surface area contributed by atoms with Gasteiger partial charge in [-0.3, -0.25) is 10.7 Å². The third kappa shape index (κ3) is 5.13. The van der Waals surface area contributed by atoms with Gasteiger partial charge in [0, 0.05) is 6.07 Å². The number of benzene rings is 1. The van der Waals surface area contributed by atoms with Crippen LogP contribution in [-0.4, -0.2) is 37.4 Å². The van der Waals surface area contributed by atoms with Crippen LogP contribution in [0.4, 0.5) is 5.69 Å². The predicted molar refractivity (Wildman–Crippen MR) is 90.7 cm³/mol. The Hall–Kier alpha value is -2.80. The quantitative estimate of drug-likeness (QED) is 0.318. The van der Waals surface area contributed by atoms with Crippen molar-refractivity contribution in [1.29, 1.82) is 0 Å². The van der Waals surface area contributed by atoms with Crippen LogP contribution in [-0.2, 0) is 6.42 Å². The van der Waals surface area contributed by atoms with Crippen LogP contribution >= 0.6 is 0 Å². The average molecular weight is 331 g/mol. The molecule has 0 amide bonds. The molecule has 1 aromatic heterocycles. The van der Waals surface area contributed by atoms with Gasteiger partial charge in [0.05, 0.1) is 32.7 Å². The topological polar surface area (TPSA) is 85.2 Å². The van der Waals surface area contributed by atoms with Gasteiger partial charge < -0.3 is 14.2 Å². The van der Waals surface area contributed by atoms with Gasteiger partial charge in [0.1, 0.15) is 6.34 Å². The lowest BCUT2D eigenvalue weighted by atomic mass is 10.1. The summed E-state index contributed by atoms with van der Waals surface area (Å²) in [5, 5.41) is 8.42. The van der Waals surface area contributed by atoms with E-state index in [9.17, 15) is 0 Å². The van der Waals surface area contributed by atoms with Crippen LogP contribution < -0.4 is 19.7 Å². The van der Waals surface area contributed by atoms with Gasteiger partial charge in [-0.2, -0.15) is 0 Å². The van der Waals surface area contributed by atoms with Gasteiger partial charge in [-0.05, 0) is 36.6 Å². The van der Waals surface area contributed by atoms with E-state index >= 15 is 0 Å². The molecule has 0 fully saturated rings. The molecule has 1 heterocycles. The van der Waals surface area contributed by atoms with Crippen molar-refractivity contribution in [2.45, 2.75) is 12.8 Å². The maximum absolute atomic E-state index is 8.42. The van der Waals surface area contributed by atoms with Crippen LogP contribution in [0.2, 0.25) is 0 Å². The second kappa shape index (κ2) is 9.36. The molecule has 24 heavy (non-hydrogen) atoms. The van der Waals surface area contributed by atoms with E-state index in [1.54, 1.807) is 32.5 Å². The van der Waals surface area contributed by atoms with E-state index in [2.05, 4.69) is 9.98 Å². The zero-order valence-electron chi connectivity index (χ0n) is 13.7. The molecule has 0 unspecified atom stereocenters. The maximum Gasteiger partial charge on any atom is 0.213 e. The van der Waals surface area contributed by atoms with Crippen LogP contribution in [0.25, 0.3) is 0 Å². The van der Waals surface area contributed by atoms with E-state index in [0.717, 1.165) is 29.9 Å². The Labute approximate surface area is 140 Å². The van der Waals surface area contributed by atoms with Crippen LogP contribution in [0.1, 0.15) is 12.0 Å². The number of aliphatic imine (C=N–C) groups is 1. The Bertz CT molecular complexity index is 659. The molecule has 2 rings (SSSR count). The van der Waals surface area contributed by atoms with Crippen LogP contribution in [0.5, 0.6) is 17.4 Å². The van der Waals surface area contributed by atoms with Gasteiger partial charge in [-0.15, -0.1) is 0 Å². The molecule has 128 valence electrons. The highest BCUT2D eigenvalue weighted by atomic mass is 16.5. The number of methoxy groups -OCH3 is 2. The first-order valence-corrected chi connectivity index (χ1v) is 7.48. The summed E-state index contributed by atoms with van der Waals surface area (Å²) in [5.41, 5.74) is 3.61. The second-order valence-corrected chi connectivity index (χ2v) is 4.88. The number of rotatable bonds is 9. The van der Waals surface area contributed by atoms with Crippen molar-refractivity contribution in [2.75, 3.05) is 20.8 Å². The largest absolute Gasteiger partial charge is 0.493 e. The molecule has 7 heteroatoms. The minimum absolute atomic E-state index is 0.540. The summed E-state index contributed by atoms with van der Waals surface area (Å²) in [6, 6.07) is 9.38. The molecular formula is C17H21N3O4. The van der Waals surface area contributed by atoms with Crippen LogP contribution in [0.15, 0.2) is 41.5 Å². The number of nitrogens with one attached hydrogen (secondary N) is 1. The van der Waals surface area contributed by atoms with Crippen molar-refractivity contribution in [1.82, 2.24) is 10.5 Å². The smallest absolute Gasteiger partial charge is 0.213 e. The molecule has 0 aliphatic heterocycles. The summed E-state index contributed by atoms with van der Waals surface area (Å²) in [7, 11) is 3.25. The van der Waals surface area contributed by atoms with E-state index in [1.165, 1.54) is 6.34 Å². The number of nitrogens with zero attached hydrogens (tertiary/aromatic N) is 2. The number of aryl methyl sites for hydroxylation is 1. The number of hydrogen-bond acceptors (Lipinski definition) is 6. The Morgan fingerprint density at radius 2 is 2.00 bits per heavy atom. The Balaban J connectivity index is 1.79. The van der Waals surface area contributed by atoms with Gasteiger partial charge in [0.15, 0.2) is 11.5 Å². The lowest BCUT2D eigenvalue weighted by molar-refractivity contribution is 0.240. The van der Waals surface area contributed by atoms with Crippen molar-refractivity contribution in [3.05, 3.63) is 42.1 Å². The molecule has 0 atom stereocenters. The van der Waals surface area contributed by atoms with E-state index < -0.39 is 0 Å². The Morgan fingerprint density at radius 1 is 1.17 bits per heavy atom. The predicted octanol–water partition coefficient (Wildman–Crippen LogP) is 2.75. The fourth-order valence-corrected chi connectivity index (χ4v) is 2.13. The monoisotopic (exact) mass is 331 g/mol. The fraction of sp³-hybridized carbons (Fsp3) is 0.294. The zero-order chi connectivity index (χ0) is 17.2. The Morgan fingerprint density at radius 3 is 2.67 bits per heavy atom. The van der Waals surface area contributed by atoms with Gasteiger partial charge in [-0.25, -0.2) is 9.98 Å². The molecule has 1 aromatic carbocycles. The molecule has 0 spiro atoms. The molecule has 2 N–H and O–H groups in total. The molecule has 0 saturated carbocycles. The van der Waals surface area contributed by atoms with E-state index in [4.69, 9.17) is 19.4 Å². The molecular weight excluding hydrogens is 310 g/mol. The summed E-state index contributed by atoms with van der Waals surface area (Å²) >= 11 is 0. The summed E-state index contributed by atoms with van der Waals surface area (Å²) in [6.45, 7) is 0.558. The van der Waals surface area contributed by atoms with E-state index in [0.29, 0.717) is 18.2 Å². The number of pyridine rings is 1.